The van der Waals surface area contributed by atoms with E-state index in [9.17, 15) is 0 Å². The molecule has 0 bridgehead atoms. The molecule has 49 heavy (non-hydrogen) atoms. The van der Waals surface area contributed by atoms with Gasteiger partial charge in [-0.1, -0.05) is 72.1 Å². The molecule has 298 valence electrons. The molecule has 0 aliphatic heterocycles. The molecule has 0 aliphatic carbocycles. The van der Waals surface area contributed by atoms with Crippen molar-refractivity contribution in [2.24, 2.45) is 0 Å². The van der Waals surface area contributed by atoms with Crippen LogP contribution < -0.4 is 21.3 Å². The molecule has 0 fully saturated rings. The van der Waals surface area contributed by atoms with Crippen LogP contribution >= 0.6 is 0 Å². The smallest absolute Gasteiger partial charge is 0.192 e. The summed E-state index contributed by atoms with van der Waals surface area (Å²) in [5.41, 5.74) is 0. The molecular weight excluding hydrogens is 637 g/mol. The van der Waals surface area contributed by atoms with E-state index in [1.807, 2.05) is 0 Å². The highest BCUT2D eigenvalue weighted by atomic mass is 28.4. The van der Waals surface area contributed by atoms with E-state index < -0.39 is 8.32 Å². The van der Waals surface area contributed by atoms with Crippen LogP contribution in [0.3, 0.4) is 0 Å². The van der Waals surface area contributed by atoms with Crippen molar-refractivity contribution in [1.29, 1.82) is 0 Å². The molecule has 0 saturated heterocycles. The second-order valence-electron chi connectivity index (χ2n) is 14.5. The monoisotopic (exact) mass is 723 g/mol. The third-order valence-electron chi connectivity index (χ3n) is 8.90. The van der Waals surface area contributed by atoms with Crippen LogP contribution in [-0.4, -0.2) is 133 Å². The Hall–Kier alpha value is -0.183. The maximum Gasteiger partial charge on any atom is 0.192 e. The Balaban J connectivity index is 0. The molecule has 0 unspecified atom stereocenters. The van der Waals surface area contributed by atoms with Crippen LogP contribution in [0.1, 0.15) is 111 Å². The van der Waals surface area contributed by atoms with E-state index in [-0.39, 0.29) is 6.61 Å². The van der Waals surface area contributed by atoms with Crippen LogP contribution in [0, 0.1) is 0 Å². The van der Waals surface area contributed by atoms with Crippen molar-refractivity contribution >= 4 is 8.32 Å². The summed E-state index contributed by atoms with van der Waals surface area (Å²) < 4.78 is 26.9. The van der Waals surface area contributed by atoms with Crippen molar-refractivity contribution < 1.29 is 28.5 Å². The molecule has 0 rings (SSSR count). The standard InChI is InChI=1S/C22H50N2O3Si.C16H36N2O3/c1-22(2,3)28(5,6)27-19-17-24-15-12-10-8-7-9-11-14-23-16-13-18-26-21-20-25-4;1-20-15-16-21-14-8-11-17-9-6-4-2-3-5-7-10-18-12-13-19/h23-24H,7-21H2,1-6H3;17-19H,2-16H2,1H3. The van der Waals surface area contributed by atoms with Gasteiger partial charge in [-0.15, -0.1) is 0 Å². The Morgan fingerprint density at radius 3 is 1.14 bits per heavy atom. The molecule has 0 saturated carbocycles. The van der Waals surface area contributed by atoms with Crippen molar-refractivity contribution in [2.45, 2.75) is 129 Å². The zero-order chi connectivity index (χ0) is 36.6. The van der Waals surface area contributed by atoms with Crippen LogP contribution in [0.2, 0.25) is 18.1 Å². The SMILES string of the molecule is COCCOCCCNCCCCCCCCNCCO.COCCOCCCNCCCCCCCCNCCO[Si](C)(C)C(C)(C)C. The minimum absolute atomic E-state index is 0.242. The van der Waals surface area contributed by atoms with Crippen molar-refractivity contribution in [3.8, 4) is 0 Å². The zero-order valence-electron chi connectivity index (χ0n) is 33.7. The third kappa shape index (κ3) is 42.1. The number of nitrogens with one attached hydrogen (secondary N) is 4. The lowest BCUT2D eigenvalue weighted by molar-refractivity contribution is 0.0695. The van der Waals surface area contributed by atoms with Crippen LogP contribution in [0.15, 0.2) is 0 Å². The van der Waals surface area contributed by atoms with Crippen LogP contribution in [0.25, 0.3) is 0 Å². The van der Waals surface area contributed by atoms with Gasteiger partial charge in [0.15, 0.2) is 8.32 Å². The first kappa shape index (κ1) is 50.9. The van der Waals surface area contributed by atoms with Crippen LogP contribution in [0.5, 0.6) is 0 Å². The van der Waals surface area contributed by atoms with Crippen LogP contribution in [0.4, 0.5) is 0 Å². The number of aliphatic hydroxyl groups is 1. The largest absolute Gasteiger partial charge is 0.416 e. The van der Waals surface area contributed by atoms with Crippen LogP contribution in [-0.2, 0) is 23.4 Å². The third-order valence-corrected chi connectivity index (χ3v) is 13.4. The molecule has 0 heterocycles. The summed E-state index contributed by atoms with van der Waals surface area (Å²) in [6.45, 7) is 25.3. The Kier molecular flexibility index (Phi) is 42.2. The molecule has 0 aromatic carbocycles. The van der Waals surface area contributed by atoms with Gasteiger partial charge in [-0.3, -0.25) is 0 Å². The second-order valence-corrected chi connectivity index (χ2v) is 19.3. The minimum atomic E-state index is -1.57. The Morgan fingerprint density at radius 2 is 0.776 bits per heavy atom. The van der Waals surface area contributed by atoms with Gasteiger partial charge in [0.2, 0.25) is 0 Å². The predicted octanol–water partition coefficient (Wildman–Crippen LogP) is 6.13. The van der Waals surface area contributed by atoms with Crippen molar-refractivity contribution in [2.75, 3.05) is 119 Å². The van der Waals surface area contributed by atoms with Gasteiger partial charge in [0.05, 0.1) is 33.0 Å². The lowest BCUT2D eigenvalue weighted by Crippen LogP contribution is -2.42. The molecule has 0 spiro atoms. The highest BCUT2D eigenvalue weighted by Gasteiger charge is 2.36. The average Bonchev–Trinajstić information content (AvgIpc) is 3.07. The van der Waals surface area contributed by atoms with Crippen molar-refractivity contribution in [3.63, 3.8) is 0 Å². The van der Waals surface area contributed by atoms with Gasteiger partial charge in [-0.05, 0) is 95.9 Å². The van der Waals surface area contributed by atoms with Gasteiger partial charge in [-0.25, -0.2) is 0 Å². The summed E-state index contributed by atoms with van der Waals surface area (Å²) in [5.74, 6) is 0. The molecule has 10 nitrogen and oxygen atoms in total. The van der Waals surface area contributed by atoms with Gasteiger partial charge < -0.3 is 49.7 Å². The van der Waals surface area contributed by atoms with E-state index in [1.165, 1.54) is 77.0 Å². The fourth-order valence-corrected chi connectivity index (χ4v) is 5.72. The number of rotatable bonds is 38. The molecule has 0 radical (unpaired) electrons. The van der Waals surface area contributed by atoms with E-state index in [4.69, 9.17) is 28.5 Å². The molecule has 0 atom stereocenters. The van der Waals surface area contributed by atoms with Crippen molar-refractivity contribution in [1.82, 2.24) is 21.3 Å². The fraction of sp³-hybridized carbons (Fsp3) is 1.00. The summed E-state index contributed by atoms with van der Waals surface area (Å²) in [5, 5.41) is 22.6. The van der Waals surface area contributed by atoms with Gasteiger partial charge in [0.1, 0.15) is 0 Å². The van der Waals surface area contributed by atoms with Crippen molar-refractivity contribution in [3.05, 3.63) is 0 Å². The predicted molar refractivity (Wildman–Crippen MR) is 212 cm³/mol. The maximum absolute atomic E-state index is 8.61. The normalized spacial score (nSPS) is 12.0. The Morgan fingerprint density at radius 1 is 0.429 bits per heavy atom. The van der Waals surface area contributed by atoms with E-state index in [0.29, 0.717) is 31.5 Å². The molecule has 0 amide bonds. The average molecular weight is 723 g/mol. The highest BCUT2D eigenvalue weighted by Crippen LogP contribution is 2.36. The molecule has 5 N–H and O–H groups in total. The Bertz CT molecular complexity index is 599. The maximum atomic E-state index is 8.61. The molecule has 0 aliphatic rings. The first-order chi connectivity index (χ1) is 23.7. The first-order valence-corrected chi connectivity index (χ1v) is 22.8. The zero-order valence-corrected chi connectivity index (χ0v) is 34.7. The summed E-state index contributed by atoms with van der Waals surface area (Å²) in [6, 6.07) is 0. The number of unbranched alkanes of at least 4 members (excludes halogenated alkanes) is 10. The van der Waals surface area contributed by atoms with Gasteiger partial charge in [0.25, 0.3) is 0 Å². The topological polar surface area (TPSA) is 115 Å². The summed E-state index contributed by atoms with van der Waals surface area (Å²) in [7, 11) is 1.82. The first-order valence-electron chi connectivity index (χ1n) is 19.9. The lowest BCUT2D eigenvalue weighted by atomic mass is 10.1. The molecule has 0 aromatic heterocycles. The quantitative estimate of drug-likeness (QED) is 0.0377. The van der Waals surface area contributed by atoms with Gasteiger partial charge >= 0.3 is 0 Å². The minimum Gasteiger partial charge on any atom is -0.416 e. The van der Waals surface area contributed by atoms with Gasteiger partial charge in [-0.2, -0.15) is 0 Å². The van der Waals surface area contributed by atoms with E-state index in [1.54, 1.807) is 14.2 Å². The number of methoxy groups -OCH3 is 2. The van der Waals surface area contributed by atoms with E-state index in [2.05, 4.69) is 55.1 Å². The highest BCUT2D eigenvalue weighted by molar-refractivity contribution is 6.74. The number of hydrogen-bond acceptors (Lipinski definition) is 10. The molecule has 0 aromatic rings. The summed E-state index contributed by atoms with van der Waals surface area (Å²) >= 11 is 0. The van der Waals surface area contributed by atoms with E-state index >= 15 is 0 Å². The summed E-state index contributed by atoms with van der Waals surface area (Å²) in [6.07, 6.45) is 17.9. The molecular formula is C38H86N4O6Si. The number of hydrogen-bond donors (Lipinski definition) is 5. The second kappa shape index (κ2) is 40.6. The van der Waals surface area contributed by atoms with E-state index in [0.717, 1.165) is 85.0 Å². The number of ether oxygens (including phenoxy) is 4. The lowest BCUT2D eigenvalue weighted by Gasteiger charge is -2.36. The fourth-order valence-electron chi connectivity index (χ4n) is 4.68. The number of aliphatic hydroxyl groups excluding tert-OH is 1. The Labute approximate surface area is 305 Å². The van der Waals surface area contributed by atoms with Gasteiger partial charge in [0, 0.05) is 47.1 Å². The molecule has 11 heteroatoms. The summed E-state index contributed by atoms with van der Waals surface area (Å²) in [4.78, 5) is 0.